The molecule has 0 saturated heterocycles. The van der Waals surface area contributed by atoms with E-state index in [1.54, 1.807) is 0 Å². The van der Waals surface area contributed by atoms with Crippen molar-refractivity contribution in [3.8, 4) is 0 Å². The van der Waals surface area contributed by atoms with E-state index >= 15 is 0 Å². The van der Waals surface area contributed by atoms with Gasteiger partial charge in [-0.2, -0.15) is 0 Å². The van der Waals surface area contributed by atoms with E-state index in [9.17, 15) is 24.5 Å². The second kappa shape index (κ2) is 7.62. The minimum atomic E-state index is -1.15. The fourth-order valence-corrected chi connectivity index (χ4v) is 2.27. The lowest BCUT2D eigenvalue weighted by molar-refractivity contribution is -0.384. The smallest absolute Gasteiger partial charge is 0.323 e. The zero-order valence-corrected chi connectivity index (χ0v) is 14.2. The number of nitrogen functional groups attached to an aromatic ring is 1. The lowest BCUT2D eigenvalue weighted by Gasteiger charge is -2.18. The third-order valence-electron chi connectivity index (χ3n) is 3.26. The van der Waals surface area contributed by atoms with Crippen LogP contribution in [0.25, 0.3) is 0 Å². The van der Waals surface area contributed by atoms with Crippen LogP contribution in [0.1, 0.15) is 6.92 Å². The molecule has 0 aliphatic heterocycles. The molecule has 10 heteroatoms. The summed E-state index contributed by atoms with van der Waals surface area (Å²) in [6, 6.07) is 9.28. The van der Waals surface area contributed by atoms with Gasteiger partial charge in [-0.15, -0.1) is 0 Å². The number of rotatable bonds is 3. The van der Waals surface area contributed by atoms with Crippen molar-refractivity contribution in [2.75, 3.05) is 16.0 Å². The molecule has 26 heavy (non-hydrogen) atoms. The maximum Gasteiger partial charge on any atom is 0.323 e. The van der Waals surface area contributed by atoms with Crippen LogP contribution in [0, 0.1) is 10.1 Å². The van der Waals surface area contributed by atoms with Crippen LogP contribution in [0.15, 0.2) is 42.5 Å². The first-order valence-electron chi connectivity index (χ1n) is 7.16. The lowest BCUT2D eigenvalue weighted by Crippen LogP contribution is -2.42. The number of amides is 3. The van der Waals surface area contributed by atoms with Gasteiger partial charge in [0.2, 0.25) is 5.91 Å². The summed E-state index contributed by atoms with van der Waals surface area (Å²) in [5.74, 6) is -2.98. The molecule has 0 aromatic heterocycles. The molecule has 0 aliphatic carbocycles. The Balaban J connectivity index is 2.26. The van der Waals surface area contributed by atoms with Crippen LogP contribution >= 0.6 is 11.6 Å². The zero-order chi connectivity index (χ0) is 19.4. The first-order valence-corrected chi connectivity index (χ1v) is 7.54. The van der Waals surface area contributed by atoms with Gasteiger partial charge in [0.15, 0.2) is 0 Å². The normalized spacial score (nSPS) is 10.1. The number of nitro groups is 1. The number of hydrogen-bond donors (Lipinski definition) is 2. The topological polar surface area (TPSA) is 136 Å². The van der Waals surface area contributed by atoms with E-state index in [1.165, 1.54) is 36.4 Å². The van der Waals surface area contributed by atoms with E-state index in [-0.39, 0.29) is 16.4 Å². The molecule has 9 nitrogen and oxygen atoms in total. The Bertz CT molecular complexity index is 898. The summed E-state index contributed by atoms with van der Waals surface area (Å²) in [7, 11) is 0. The maximum absolute atomic E-state index is 12.4. The van der Waals surface area contributed by atoms with E-state index in [4.69, 9.17) is 17.3 Å². The SMILES string of the molecule is CC(=O)N(C(=O)C(=O)Nc1ccc(Cl)c([N+](=O)[O-])c1)c1ccc(N)cc1. The van der Waals surface area contributed by atoms with Gasteiger partial charge < -0.3 is 11.1 Å². The van der Waals surface area contributed by atoms with Gasteiger partial charge in [-0.3, -0.25) is 24.5 Å². The molecule has 3 N–H and O–H groups in total. The summed E-state index contributed by atoms with van der Waals surface area (Å²) in [4.78, 5) is 47.2. The maximum atomic E-state index is 12.4. The molecule has 0 unspecified atom stereocenters. The molecule has 2 rings (SSSR count). The highest BCUT2D eigenvalue weighted by Crippen LogP contribution is 2.27. The Morgan fingerprint density at radius 3 is 2.31 bits per heavy atom. The summed E-state index contributed by atoms with van der Waals surface area (Å²) in [5.41, 5.74) is 5.69. The van der Waals surface area contributed by atoms with Gasteiger partial charge in [0.1, 0.15) is 5.02 Å². The molecule has 0 saturated carbocycles. The Kier molecular flexibility index (Phi) is 5.53. The average molecular weight is 377 g/mol. The van der Waals surface area contributed by atoms with E-state index in [0.29, 0.717) is 10.6 Å². The first-order chi connectivity index (χ1) is 12.2. The predicted octanol–water partition coefficient (Wildman–Crippen LogP) is 2.35. The molecular formula is C16H13ClN4O5. The Labute approximate surface area is 152 Å². The van der Waals surface area contributed by atoms with Gasteiger partial charge in [0, 0.05) is 24.4 Å². The van der Waals surface area contributed by atoms with Crippen LogP contribution in [-0.2, 0) is 14.4 Å². The molecule has 0 spiro atoms. The Hall–Kier alpha value is -3.46. The molecule has 0 atom stereocenters. The second-order valence-corrected chi connectivity index (χ2v) is 5.54. The van der Waals surface area contributed by atoms with Crippen LogP contribution < -0.4 is 16.0 Å². The first kappa shape index (κ1) is 18.9. The molecule has 134 valence electrons. The number of anilines is 3. The van der Waals surface area contributed by atoms with Crippen molar-refractivity contribution in [3.63, 3.8) is 0 Å². The molecule has 0 fully saturated rings. The summed E-state index contributed by atoms with van der Waals surface area (Å²) < 4.78 is 0. The molecule has 0 bridgehead atoms. The van der Waals surface area contributed by atoms with Gasteiger partial charge in [0.25, 0.3) is 5.69 Å². The van der Waals surface area contributed by atoms with E-state index < -0.39 is 28.3 Å². The van der Waals surface area contributed by atoms with Crippen molar-refractivity contribution in [2.24, 2.45) is 0 Å². The highest BCUT2D eigenvalue weighted by Gasteiger charge is 2.27. The summed E-state index contributed by atoms with van der Waals surface area (Å²) >= 11 is 5.69. The highest BCUT2D eigenvalue weighted by molar-refractivity contribution is 6.48. The number of benzene rings is 2. The average Bonchev–Trinajstić information content (AvgIpc) is 2.57. The number of carbonyl (C=O) groups excluding carboxylic acids is 3. The standard InChI is InChI=1S/C16H13ClN4O5/c1-9(22)20(12-5-2-10(18)3-6-12)16(24)15(23)19-11-4-7-13(17)14(8-11)21(25)26/h2-8H,18H2,1H3,(H,19,23). The third-order valence-corrected chi connectivity index (χ3v) is 3.58. The van der Waals surface area contributed by atoms with Crippen molar-refractivity contribution in [3.05, 3.63) is 57.6 Å². The minimum Gasteiger partial charge on any atom is -0.399 e. The molecule has 0 aliphatic rings. The predicted molar refractivity (Wildman–Crippen MR) is 95.8 cm³/mol. The molecule has 2 aromatic rings. The van der Waals surface area contributed by atoms with E-state index in [2.05, 4.69) is 5.32 Å². The summed E-state index contributed by atoms with van der Waals surface area (Å²) in [6.07, 6.45) is 0. The van der Waals surface area contributed by atoms with Crippen LogP contribution in [0.5, 0.6) is 0 Å². The molecular weight excluding hydrogens is 364 g/mol. The molecule has 2 aromatic carbocycles. The third kappa shape index (κ3) is 4.14. The lowest BCUT2D eigenvalue weighted by atomic mass is 10.2. The number of nitrogens with one attached hydrogen (secondary N) is 1. The van der Waals surface area contributed by atoms with Crippen molar-refractivity contribution in [1.82, 2.24) is 0 Å². The van der Waals surface area contributed by atoms with Gasteiger partial charge >= 0.3 is 11.8 Å². The number of halogens is 1. The minimum absolute atomic E-state index is 0.0136. The second-order valence-electron chi connectivity index (χ2n) is 5.13. The van der Waals surface area contributed by atoms with Gasteiger partial charge in [0.05, 0.1) is 10.6 Å². The van der Waals surface area contributed by atoms with Crippen molar-refractivity contribution >= 4 is 52.1 Å². The fraction of sp³-hybridized carbons (Fsp3) is 0.0625. The van der Waals surface area contributed by atoms with Crippen molar-refractivity contribution in [2.45, 2.75) is 6.92 Å². The van der Waals surface area contributed by atoms with Gasteiger partial charge in [-0.1, -0.05) is 11.6 Å². The Morgan fingerprint density at radius 1 is 1.15 bits per heavy atom. The van der Waals surface area contributed by atoms with Crippen LogP contribution in [0.4, 0.5) is 22.7 Å². The quantitative estimate of drug-likeness (QED) is 0.365. The van der Waals surface area contributed by atoms with E-state index in [1.807, 2.05) is 0 Å². The number of imide groups is 1. The number of nitrogens with zero attached hydrogens (tertiary/aromatic N) is 2. The van der Waals surface area contributed by atoms with Crippen LogP contribution in [0.2, 0.25) is 5.02 Å². The number of hydrogen-bond acceptors (Lipinski definition) is 6. The van der Waals surface area contributed by atoms with Gasteiger partial charge in [-0.05, 0) is 36.4 Å². The van der Waals surface area contributed by atoms with Gasteiger partial charge in [-0.25, -0.2) is 4.90 Å². The zero-order valence-electron chi connectivity index (χ0n) is 13.4. The molecule has 0 heterocycles. The highest BCUT2D eigenvalue weighted by atomic mass is 35.5. The molecule has 3 amide bonds. The van der Waals surface area contributed by atoms with Crippen molar-refractivity contribution < 1.29 is 19.3 Å². The largest absolute Gasteiger partial charge is 0.399 e. The number of carbonyl (C=O) groups is 3. The Morgan fingerprint density at radius 2 is 1.77 bits per heavy atom. The van der Waals surface area contributed by atoms with Crippen LogP contribution in [0.3, 0.4) is 0 Å². The fourth-order valence-electron chi connectivity index (χ4n) is 2.08. The van der Waals surface area contributed by atoms with Crippen molar-refractivity contribution in [1.29, 1.82) is 0 Å². The number of nitro benzene ring substituents is 1. The monoisotopic (exact) mass is 376 g/mol. The van der Waals surface area contributed by atoms with E-state index in [0.717, 1.165) is 13.0 Å². The van der Waals surface area contributed by atoms with Crippen LogP contribution in [-0.4, -0.2) is 22.6 Å². The summed E-state index contributed by atoms with van der Waals surface area (Å²) in [6.45, 7) is 1.12. The molecule has 0 radical (unpaired) electrons. The summed E-state index contributed by atoms with van der Waals surface area (Å²) in [5, 5.41) is 13.0. The number of nitrogens with two attached hydrogens (primary N) is 1.